The molecule has 21 heavy (non-hydrogen) atoms. The van der Waals surface area contributed by atoms with Crippen molar-refractivity contribution < 1.29 is 12.8 Å². The van der Waals surface area contributed by atoms with E-state index in [1.165, 1.54) is 10.4 Å². The fraction of sp³-hybridized carbons (Fsp3) is 0.500. The van der Waals surface area contributed by atoms with E-state index in [1.54, 1.807) is 6.07 Å². The zero-order chi connectivity index (χ0) is 15.0. The molecule has 3 rings (SSSR count). The number of sulfonamides is 1. The summed E-state index contributed by atoms with van der Waals surface area (Å²) in [5.74, 6) is -0.361. The molecule has 0 amide bonds. The fourth-order valence-electron chi connectivity index (χ4n) is 3.21. The second-order valence-electron chi connectivity index (χ2n) is 5.50. The van der Waals surface area contributed by atoms with Crippen molar-refractivity contribution in [2.75, 3.05) is 19.6 Å². The first-order valence-electron chi connectivity index (χ1n) is 6.96. The molecule has 2 saturated heterocycles. The highest BCUT2D eigenvalue weighted by atomic mass is 32.2. The highest BCUT2D eigenvalue weighted by Crippen LogP contribution is 2.31. The molecule has 0 bridgehead atoms. The Bertz CT molecular complexity index is 699. The molecule has 5 nitrogen and oxygen atoms in total. The average molecular weight is 309 g/mol. The van der Waals surface area contributed by atoms with Crippen molar-refractivity contribution in [1.29, 1.82) is 5.26 Å². The monoisotopic (exact) mass is 309 g/mol. The van der Waals surface area contributed by atoms with Crippen molar-refractivity contribution in [2.45, 2.75) is 23.8 Å². The van der Waals surface area contributed by atoms with Gasteiger partial charge in [0.25, 0.3) is 0 Å². The maximum Gasteiger partial charge on any atom is 0.243 e. The van der Waals surface area contributed by atoms with Crippen molar-refractivity contribution in [2.24, 2.45) is 5.92 Å². The number of hydrogen-bond acceptors (Lipinski definition) is 4. The lowest BCUT2D eigenvalue weighted by molar-refractivity contribution is 0.217. The minimum absolute atomic E-state index is 0.00648. The van der Waals surface area contributed by atoms with E-state index < -0.39 is 15.8 Å². The van der Waals surface area contributed by atoms with Gasteiger partial charge >= 0.3 is 0 Å². The van der Waals surface area contributed by atoms with Gasteiger partial charge in [-0.15, -0.1) is 0 Å². The molecular formula is C14H16FN3O2S. The van der Waals surface area contributed by atoms with Crippen molar-refractivity contribution >= 4 is 10.0 Å². The van der Waals surface area contributed by atoms with Crippen LogP contribution in [-0.2, 0) is 10.0 Å². The first kappa shape index (κ1) is 14.4. The van der Waals surface area contributed by atoms with Gasteiger partial charge in [0.2, 0.25) is 10.0 Å². The number of nitrogens with one attached hydrogen (secondary N) is 1. The van der Waals surface area contributed by atoms with Gasteiger partial charge in [-0.25, -0.2) is 12.8 Å². The van der Waals surface area contributed by atoms with Crippen LogP contribution in [0.5, 0.6) is 0 Å². The maximum absolute atomic E-state index is 13.4. The summed E-state index contributed by atoms with van der Waals surface area (Å²) in [5.41, 5.74) is -0.241. The molecule has 0 radical (unpaired) electrons. The maximum atomic E-state index is 13.4. The predicted molar refractivity (Wildman–Crippen MR) is 74.4 cm³/mol. The predicted octanol–water partition coefficient (Wildman–Crippen LogP) is 1.07. The zero-order valence-corrected chi connectivity index (χ0v) is 12.2. The van der Waals surface area contributed by atoms with Crippen molar-refractivity contribution in [3.63, 3.8) is 0 Å². The smallest absolute Gasteiger partial charge is 0.243 e. The number of rotatable bonds is 2. The van der Waals surface area contributed by atoms with Gasteiger partial charge in [0.15, 0.2) is 0 Å². The van der Waals surface area contributed by atoms with Gasteiger partial charge in [0.05, 0.1) is 10.5 Å². The van der Waals surface area contributed by atoms with Crippen LogP contribution < -0.4 is 5.32 Å². The number of nitrogens with zero attached hydrogens (tertiary/aromatic N) is 2. The summed E-state index contributed by atoms with van der Waals surface area (Å²) in [6, 6.07) is 5.04. The molecule has 1 N–H and O–H groups in total. The highest BCUT2D eigenvalue weighted by molar-refractivity contribution is 7.89. The molecule has 0 spiro atoms. The van der Waals surface area contributed by atoms with Crippen molar-refractivity contribution in [1.82, 2.24) is 9.62 Å². The van der Waals surface area contributed by atoms with Crippen LogP contribution in [0.3, 0.4) is 0 Å². The molecule has 2 heterocycles. The van der Waals surface area contributed by atoms with Crippen LogP contribution in [0.15, 0.2) is 23.1 Å². The lowest BCUT2D eigenvalue weighted by Gasteiger charge is -2.35. The lowest BCUT2D eigenvalue weighted by atomic mass is 9.94. The minimum Gasteiger partial charge on any atom is -0.315 e. The van der Waals surface area contributed by atoms with E-state index in [9.17, 15) is 12.8 Å². The van der Waals surface area contributed by atoms with Gasteiger partial charge in [-0.3, -0.25) is 0 Å². The average Bonchev–Trinajstić information content (AvgIpc) is 2.95. The summed E-state index contributed by atoms with van der Waals surface area (Å²) in [6.45, 7) is 1.96. The largest absolute Gasteiger partial charge is 0.315 e. The van der Waals surface area contributed by atoms with Crippen LogP contribution in [0, 0.1) is 23.1 Å². The Morgan fingerprint density at radius 1 is 1.38 bits per heavy atom. The van der Waals surface area contributed by atoms with E-state index in [1.807, 2.05) is 0 Å². The fourth-order valence-corrected chi connectivity index (χ4v) is 4.96. The Hall–Kier alpha value is -1.49. The standard InChI is InChI=1S/C14H16FN3O2S/c15-13-4-3-12(6-11(13)7-16)21(19,20)18-5-1-2-10-8-17-9-14(10)18/h3-4,6,10,14,17H,1-2,5,8-9H2. The Morgan fingerprint density at radius 3 is 2.95 bits per heavy atom. The molecule has 1 aromatic carbocycles. The normalized spacial score (nSPS) is 26.3. The molecule has 112 valence electrons. The van der Waals surface area contributed by atoms with Crippen LogP contribution in [0.1, 0.15) is 18.4 Å². The minimum atomic E-state index is -3.69. The van der Waals surface area contributed by atoms with E-state index >= 15 is 0 Å². The molecule has 0 aromatic heterocycles. The third kappa shape index (κ3) is 2.44. The van der Waals surface area contributed by atoms with Crippen LogP contribution in [0.4, 0.5) is 4.39 Å². The van der Waals surface area contributed by atoms with Crippen LogP contribution in [-0.4, -0.2) is 38.4 Å². The number of piperidine rings is 1. The lowest BCUT2D eigenvalue weighted by Crippen LogP contribution is -2.48. The SMILES string of the molecule is N#Cc1cc(S(=O)(=O)N2CCCC3CNCC32)ccc1F. The van der Waals surface area contributed by atoms with Crippen LogP contribution in [0.2, 0.25) is 0 Å². The Labute approximate surface area is 123 Å². The quantitative estimate of drug-likeness (QED) is 0.887. The van der Waals surface area contributed by atoms with Crippen LogP contribution >= 0.6 is 0 Å². The van der Waals surface area contributed by atoms with Crippen LogP contribution in [0.25, 0.3) is 0 Å². The first-order valence-corrected chi connectivity index (χ1v) is 8.40. The van der Waals surface area contributed by atoms with Gasteiger partial charge in [-0.2, -0.15) is 9.57 Å². The second-order valence-corrected chi connectivity index (χ2v) is 7.39. The number of fused-ring (bicyclic) bond motifs is 1. The molecule has 0 aliphatic carbocycles. The van der Waals surface area contributed by atoms with E-state index in [-0.39, 0.29) is 16.5 Å². The highest BCUT2D eigenvalue weighted by Gasteiger charge is 2.41. The van der Waals surface area contributed by atoms with Crippen molar-refractivity contribution in [3.8, 4) is 6.07 Å². The van der Waals surface area contributed by atoms with Gasteiger partial charge in [-0.05, 0) is 43.5 Å². The van der Waals surface area contributed by atoms with Crippen molar-refractivity contribution in [3.05, 3.63) is 29.6 Å². The van der Waals surface area contributed by atoms with E-state index in [2.05, 4.69) is 5.32 Å². The molecule has 0 saturated carbocycles. The Balaban J connectivity index is 1.98. The third-order valence-electron chi connectivity index (χ3n) is 4.29. The molecule has 2 fully saturated rings. The summed E-state index contributed by atoms with van der Waals surface area (Å²) < 4.78 is 40.4. The molecular weight excluding hydrogens is 293 g/mol. The summed E-state index contributed by atoms with van der Waals surface area (Å²) in [5, 5.41) is 12.1. The first-order chi connectivity index (χ1) is 10.0. The summed E-state index contributed by atoms with van der Waals surface area (Å²) in [6.07, 6.45) is 1.85. The topological polar surface area (TPSA) is 73.2 Å². The number of benzene rings is 1. The number of nitriles is 1. The van der Waals surface area contributed by atoms with Gasteiger partial charge in [0, 0.05) is 19.1 Å². The zero-order valence-electron chi connectivity index (χ0n) is 11.4. The summed E-state index contributed by atoms with van der Waals surface area (Å²) in [4.78, 5) is -0.00648. The molecule has 2 unspecified atom stereocenters. The molecule has 7 heteroatoms. The number of hydrogen-bond donors (Lipinski definition) is 1. The molecule has 1 aromatic rings. The van der Waals surface area contributed by atoms with E-state index in [0.29, 0.717) is 19.0 Å². The van der Waals surface area contributed by atoms with Gasteiger partial charge in [-0.1, -0.05) is 0 Å². The molecule has 2 atom stereocenters. The Kier molecular flexibility index (Phi) is 3.69. The van der Waals surface area contributed by atoms with Gasteiger partial charge < -0.3 is 5.32 Å². The van der Waals surface area contributed by atoms with E-state index in [4.69, 9.17) is 5.26 Å². The van der Waals surface area contributed by atoms with E-state index in [0.717, 1.165) is 31.5 Å². The van der Waals surface area contributed by atoms with Gasteiger partial charge in [0.1, 0.15) is 11.9 Å². The molecule has 2 aliphatic heterocycles. The Morgan fingerprint density at radius 2 is 2.19 bits per heavy atom. The summed E-state index contributed by atoms with van der Waals surface area (Å²) >= 11 is 0. The third-order valence-corrected chi connectivity index (χ3v) is 6.21. The number of halogens is 1. The summed E-state index contributed by atoms with van der Waals surface area (Å²) in [7, 11) is -3.69. The molecule has 2 aliphatic rings. The second kappa shape index (κ2) is 5.37.